The summed E-state index contributed by atoms with van der Waals surface area (Å²) in [4.78, 5) is 14.7. The lowest BCUT2D eigenvalue weighted by Crippen LogP contribution is -2.42. The van der Waals surface area contributed by atoms with E-state index >= 15 is 0 Å². The summed E-state index contributed by atoms with van der Waals surface area (Å²) in [6.07, 6.45) is 6.71. The second kappa shape index (κ2) is 7.41. The number of hydrogen-bond donors (Lipinski definition) is 2. The summed E-state index contributed by atoms with van der Waals surface area (Å²) in [6, 6.07) is 0.218. The zero-order chi connectivity index (χ0) is 14.5. The van der Waals surface area contributed by atoms with E-state index in [0.717, 1.165) is 38.1 Å². The molecule has 0 aromatic carbocycles. The number of likely N-dealkylation sites (tertiary alicyclic amines) is 1. The summed E-state index contributed by atoms with van der Waals surface area (Å²) >= 11 is 0. The number of hydrogen-bond acceptors (Lipinski definition) is 3. The summed E-state index contributed by atoms with van der Waals surface area (Å²) in [5.41, 5.74) is 6.00. The standard InChI is InChI=1S/C16H31N3O/c1-12-3-4-14(17)11-15(12)16(20)18-8-5-13-6-9-19(2)10-7-13/h12-15H,3-11,17H2,1-2H3,(H,18,20). The van der Waals surface area contributed by atoms with Gasteiger partial charge in [-0.1, -0.05) is 6.92 Å². The number of nitrogens with zero attached hydrogens (tertiary/aromatic N) is 1. The maximum absolute atomic E-state index is 12.3. The summed E-state index contributed by atoms with van der Waals surface area (Å²) < 4.78 is 0. The molecule has 1 heterocycles. The van der Waals surface area contributed by atoms with Gasteiger partial charge in [0.2, 0.25) is 5.91 Å². The first-order valence-electron chi connectivity index (χ1n) is 8.28. The van der Waals surface area contributed by atoms with E-state index in [9.17, 15) is 4.79 Å². The Bertz CT molecular complexity index is 313. The summed E-state index contributed by atoms with van der Waals surface area (Å²) in [7, 11) is 2.19. The van der Waals surface area contributed by atoms with E-state index in [1.807, 2.05) is 0 Å². The molecule has 2 rings (SSSR count). The van der Waals surface area contributed by atoms with Gasteiger partial charge in [-0.2, -0.15) is 0 Å². The number of amides is 1. The Kier molecular flexibility index (Phi) is 5.85. The fourth-order valence-corrected chi connectivity index (χ4v) is 3.60. The number of piperidine rings is 1. The number of carbonyl (C=O) groups is 1. The average Bonchev–Trinajstić information content (AvgIpc) is 2.43. The van der Waals surface area contributed by atoms with Gasteiger partial charge in [-0.3, -0.25) is 4.79 Å². The van der Waals surface area contributed by atoms with Crippen LogP contribution in [-0.2, 0) is 4.79 Å². The zero-order valence-electron chi connectivity index (χ0n) is 13.1. The third-order valence-electron chi connectivity index (χ3n) is 5.26. The van der Waals surface area contributed by atoms with Crippen molar-refractivity contribution in [2.45, 2.75) is 51.5 Å². The van der Waals surface area contributed by atoms with Crippen molar-refractivity contribution in [3.8, 4) is 0 Å². The van der Waals surface area contributed by atoms with Crippen molar-refractivity contribution >= 4 is 5.91 Å². The normalized spacial score (nSPS) is 33.0. The molecule has 1 saturated heterocycles. The van der Waals surface area contributed by atoms with Crippen LogP contribution in [0.2, 0.25) is 0 Å². The second-order valence-electron chi connectivity index (χ2n) is 6.98. The van der Waals surface area contributed by atoms with Crippen LogP contribution in [0.3, 0.4) is 0 Å². The van der Waals surface area contributed by atoms with Gasteiger partial charge < -0.3 is 16.0 Å². The van der Waals surface area contributed by atoms with Crippen molar-refractivity contribution in [3.05, 3.63) is 0 Å². The minimum Gasteiger partial charge on any atom is -0.356 e. The molecule has 0 bridgehead atoms. The van der Waals surface area contributed by atoms with Gasteiger partial charge >= 0.3 is 0 Å². The van der Waals surface area contributed by atoms with Gasteiger partial charge in [-0.25, -0.2) is 0 Å². The lowest BCUT2D eigenvalue weighted by molar-refractivity contribution is -0.127. The Labute approximate surface area is 123 Å². The molecule has 3 atom stereocenters. The molecule has 116 valence electrons. The van der Waals surface area contributed by atoms with Crippen molar-refractivity contribution in [1.82, 2.24) is 10.2 Å². The molecule has 0 aromatic rings. The van der Waals surface area contributed by atoms with Gasteiger partial charge in [0.1, 0.15) is 0 Å². The van der Waals surface area contributed by atoms with Crippen LogP contribution in [0, 0.1) is 17.8 Å². The maximum Gasteiger partial charge on any atom is 0.223 e. The first-order valence-corrected chi connectivity index (χ1v) is 8.28. The first kappa shape index (κ1) is 15.8. The van der Waals surface area contributed by atoms with Crippen LogP contribution < -0.4 is 11.1 Å². The van der Waals surface area contributed by atoms with Crippen LogP contribution in [0.25, 0.3) is 0 Å². The minimum absolute atomic E-state index is 0.135. The molecule has 1 saturated carbocycles. The molecule has 1 aliphatic heterocycles. The second-order valence-corrected chi connectivity index (χ2v) is 6.98. The van der Waals surface area contributed by atoms with Gasteiger partial charge in [-0.15, -0.1) is 0 Å². The van der Waals surface area contributed by atoms with Crippen LogP contribution in [-0.4, -0.2) is 43.5 Å². The lowest BCUT2D eigenvalue weighted by Gasteiger charge is -2.32. The highest BCUT2D eigenvalue weighted by Gasteiger charge is 2.31. The van der Waals surface area contributed by atoms with Crippen LogP contribution in [0.4, 0.5) is 0 Å². The van der Waals surface area contributed by atoms with Gasteiger partial charge in [-0.05, 0) is 70.5 Å². The minimum atomic E-state index is 0.135. The molecule has 0 spiro atoms. The van der Waals surface area contributed by atoms with Gasteiger partial charge in [0, 0.05) is 18.5 Å². The van der Waals surface area contributed by atoms with E-state index in [1.54, 1.807) is 0 Å². The third-order valence-corrected chi connectivity index (χ3v) is 5.26. The molecule has 3 N–H and O–H groups in total. The van der Waals surface area contributed by atoms with E-state index in [1.165, 1.54) is 25.9 Å². The van der Waals surface area contributed by atoms with Gasteiger partial charge in [0.15, 0.2) is 0 Å². The number of carbonyl (C=O) groups excluding carboxylic acids is 1. The maximum atomic E-state index is 12.3. The quantitative estimate of drug-likeness (QED) is 0.823. The van der Waals surface area contributed by atoms with Crippen LogP contribution >= 0.6 is 0 Å². The highest BCUT2D eigenvalue weighted by atomic mass is 16.1. The zero-order valence-corrected chi connectivity index (χ0v) is 13.1. The number of nitrogens with one attached hydrogen (secondary N) is 1. The highest BCUT2D eigenvalue weighted by Crippen LogP contribution is 2.29. The third kappa shape index (κ3) is 4.45. The van der Waals surface area contributed by atoms with Crippen molar-refractivity contribution < 1.29 is 4.79 Å². The largest absolute Gasteiger partial charge is 0.356 e. The van der Waals surface area contributed by atoms with E-state index < -0.39 is 0 Å². The van der Waals surface area contributed by atoms with E-state index in [0.29, 0.717) is 5.92 Å². The van der Waals surface area contributed by atoms with Gasteiger partial charge in [0.25, 0.3) is 0 Å². The predicted molar refractivity (Wildman–Crippen MR) is 82.3 cm³/mol. The Morgan fingerprint density at radius 1 is 1.25 bits per heavy atom. The van der Waals surface area contributed by atoms with Crippen LogP contribution in [0.1, 0.15) is 45.4 Å². The lowest BCUT2D eigenvalue weighted by atomic mass is 9.77. The number of rotatable bonds is 4. The molecule has 4 heteroatoms. The highest BCUT2D eigenvalue weighted by molar-refractivity contribution is 5.79. The summed E-state index contributed by atoms with van der Waals surface area (Å²) in [6.45, 7) is 5.43. The van der Waals surface area contributed by atoms with Crippen molar-refractivity contribution in [2.24, 2.45) is 23.5 Å². The van der Waals surface area contributed by atoms with Crippen molar-refractivity contribution in [2.75, 3.05) is 26.7 Å². The van der Waals surface area contributed by atoms with Crippen LogP contribution in [0.15, 0.2) is 0 Å². The Balaban J connectivity index is 1.67. The van der Waals surface area contributed by atoms with Crippen LogP contribution in [0.5, 0.6) is 0 Å². The molecule has 4 nitrogen and oxygen atoms in total. The molecule has 0 aromatic heterocycles. The Morgan fingerprint density at radius 3 is 2.65 bits per heavy atom. The Hall–Kier alpha value is -0.610. The molecule has 0 radical (unpaired) electrons. The monoisotopic (exact) mass is 281 g/mol. The topological polar surface area (TPSA) is 58.4 Å². The molecule has 2 fully saturated rings. The molecule has 1 aliphatic carbocycles. The Morgan fingerprint density at radius 2 is 1.95 bits per heavy atom. The smallest absolute Gasteiger partial charge is 0.223 e. The van der Waals surface area contributed by atoms with Crippen molar-refractivity contribution in [1.29, 1.82) is 0 Å². The van der Waals surface area contributed by atoms with E-state index in [-0.39, 0.29) is 17.9 Å². The average molecular weight is 281 g/mol. The van der Waals surface area contributed by atoms with E-state index in [2.05, 4.69) is 24.2 Å². The number of nitrogens with two attached hydrogens (primary N) is 1. The van der Waals surface area contributed by atoms with Gasteiger partial charge in [0.05, 0.1) is 0 Å². The predicted octanol–water partition coefficient (Wildman–Crippen LogP) is 1.60. The molecule has 1 amide bonds. The molecular formula is C16H31N3O. The summed E-state index contributed by atoms with van der Waals surface area (Å²) in [5.74, 6) is 1.65. The fourth-order valence-electron chi connectivity index (χ4n) is 3.60. The molecular weight excluding hydrogens is 250 g/mol. The summed E-state index contributed by atoms with van der Waals surface area (Å²) in [5, 5.41) is 3.15. The van der Waals surface area contributed by atoms with Crippen molar-refractivity contribution in [3.63, 3.8) is 0 Å². The fraction of sp³-hybridized carbons (Fsp3) is 0.938. The molecule has 2 aliphatic rings. The SMILES string of the molecule is CC1CCC(N)CC1C(=O)NCCC1CCN(C)CC1. The van der Waals surface area contributed by atoms with E-state index in [4.69, 9.17) is 5.73 Å². The molecule has 3 unspecified atom stereocenters. The first-order chi connectivity index (χ1) is 9.56. The molecule has 20 heavy (non-hydrogen) atoms.